The Balaban J connectivity index is 1.79. The smallest absolute Gasteiger partial charge is 0.263 e. The summed E-state index contributed by atoms with van der Waals surface area (Å²) < 4.78 is 39.0. The molecule has 4 rings (SSSR count). The number of sulfonamides is 1. The van der Waals surface area contributed by atoms with Crippen LogP contribution in [0.4, 0.5) is 23.0 Å². The summed E-state index contributed by atoms with van der Waals surface area (Å²) in [5, 5.41) is 3.09. The van der Waals surface area contributed by atoms with E-state index in [4.69, 9.17) is 15.2 Å². The van der Waals surface area contributed by atoms with Crippen molar-refractivity contribution in [3.05, 3.63) is 60.8 Å². The van der Waals surface area contributed by atoms with Gasteiger partial charge in [0.05, 0.1) is 19.1 Å². The highest BCUT2D eigenvalue weighted by atomic mass is 32.2. The van der Waals surface area contributed by atoms with Crippen LogP contribution in [0.1, 0.15) is 0 Å². The fourth-order valence-electron chi connectivity index (χ4n) is 2.94. The maximum absolute atomic E-state index is 13.0. The molecule has 4 aromatic rings. The zero-order chi connectivity index (χ0) is 22.7. The largest absolute Gasteiger partial charge is 0.497 e. The van der Waals surface area contributed by atoms with E-state index < -0.39 is 10.0 Å². The number of anilines is 4. The second-order valence-electron chi connectivity index (χ2n) is 6.67. The van der Waals surface area contributed by atoms with Crippen molar-refractivity contribution in [2.45, 2.75) is 4.90 Å². The number of methoxy groups -OCH3 is 2. The summed E-state index contributed by atoms with van der Waals surface area (Å²) in [5.74, 6) is 1.24. The molecular weight excluding hydrogens is 432 g/mol. The molecule has 10 nitrogen and oxygen atoms in total. The minimum absolute atomic E-state index is 0.00517. The van der Waals surface area contributed by atoms with Crippen LogP contribution in [0.15, 0.2) is 65.7 Å². The standard InChI is InChI=1S/C21H20N6O4S/c1-30-15-10-14(11-16(12-15)31-2)24-20-21(26-19-18(25-20)7-4-8-23-19)27-32(28,29)17-6-3-5-13(22)9-17/h3-12H,22H2,1-2H3,(H,24,25)(H,23,26,27). The molecule has 11 heteroatoms. The van der Waals surface area contributed by atoms with E-state index in [2.05, 4.69) is 25.0 Å². The molecule has 2 aromatic heterocycles. The zero-order valence-electron chi connectivity index (χ0n) is 17.2. The van der Waals surface area contributed by atoms with Crippen molar-refractivity contribution in [2.24, 2.45) is 0 Å². The molecule has 0 fully saturated rings. The zero-order valence-corrected chi connectivity index (χ0v) is 18.1. The first-order valence-corrected chi connectivity index (χ1v) is 10.9. The van der Waals surface area contributed by atoms with Gasteiger partial charge in [0.15, 0.2) is 17.3 Å². The van der Waals surface area contributed by atoms with Gasteiger partial charge in [-0.25, -0.2) is 23.4 Å². The van der Waals surface area contributed by atoms with Gasteiger partial charge in [-0.2, -0.15) is 0 Å². The van der Waals surface area contributed by atoms with Crippen molar-refractivity contribution >= 4 is 44.2 Å². The Labute approximate surface area is 184 Å². The van der Waals surface area contributed by atoms with Gasteiger partial charge in [-0.1, -0.05) is 6.07 Å². The predicted molar refractivity (Wildman–Crippen MR) is 122 cm³/mol. The van der Waals surface area contributed by atoms with Crippen molar-refractivity contribution in [2.75, 3.05) is 30.0 Å². The Morgan fingerprint density at radius 1 is 0.906 bits per heavy atom. The molecule has 0 saturated heterocycles. The van der Waals surface area contributed by atoms with E-state index in [0.717, 1.165) is 0 Å². The summed E-state index contributed by atoms with van der Waals surface area (Å²) in [4.78, 5) is 13.0. The van der Waals surface area contributed by atoms with Gasteiger partial charge in [0.1, 0.15) is 17.0 Å². The van der Waals surface area contributed by atoms with Gasteiger partial charge in [0.2, 0.25) is 0 Å². The Hall–Kier alpha value is -4.12. The average Bonchev–Trinajstić information content (AvgIpc) is 2.79. The molecule has 2 aromatic carbocycles. The summed E-state index contributed by atoms with van der Waals surface area (Å²) in [6.07, 6.45) is 1.55. The van der Waals surface area contributed by atoms with Crippen LogP contribution in [-0.2, 0) is 10.0 Å². The Morgan fingerprint density at radius 3 is 2.34 bits per heavy atom. The van der Waals surface area contributed by atoms with Crippen LogP contribution in [0.5, 0.6) is 11.5 Å². The maximum atomic E-state index is 13.0. The van der Waals surface area contributed by atoms with Crippen LogP contribution in [0.2, 0.25) is 0 Å². The van der Waals surface area contributed by atoms with Gasteiger partial charge in [-0.3, -0.25) is 4.72 Å². The first-order valence-electron chi connectivity index (χ1n) is 9.39. The van der Waals surface area contributed by atoms with Gasteiger partial charge in [-0.05, 0) is 30.3 Å². The third-order valence-electron chi connectivity index (χ3n) is 4.45. The van der Waals surface area contributed by atoms with Crippen LogP contribution in [0.3, 0.4) is 0 Å². The Kier molecular flexibility index (Phi) is 5.65. The fraction of sp³-hybridized carbons (Fsp3) is 0.0952. The van der Waals surface area contributed by atoms with Crippen molar-refractivity contribution in [1.29, 1.82) is 0 Å². The number of fused-ring (bicyclic) bond motifs is 1. The van der Waals surface area contributed by atoms with E-state index in [1.807, 2.05) is 0 Å². The lowest BCUT2D eigenvalue weighted by molar-refractivity contribution is 0.395. The third-order valence-corrected chi connectivity index (χ3v) is 5.79. The molecule has 0 spiro atoms. The van der Waals surface area contributed by atoms with Crippen LogP contribution in [-0.4, -0.2) is 37.6 Å². The monoisotopic (exact) mass is 452 g/mol. The number of nitrogens with two attached hydrogens (primary N) is 1. The highest BCUT2D eigenvalue weighted by Crippen LogP contribution is 2.31. The van der Waals surface area contributed by atoms with E-state index in [1.54, 1.807) is 48.7 Å². The topological polar surface area (TPSA) is 141 Å². The van der Waals surface area contributed by atoms with Gasteiger partial charge >= 0.3 is 0 Å². The number of rotatable bonds is 7. The van der Waals surface area contributed by atoms with Crippen LogP contribution in [0.25, 0.3) is 11.2 Å². The first kappa shape index (κ1) is 21.1. The molecule has 0 atom stereocenters. The first-order chi connectivity index (χ1) is 15.4. The molecule has 0 aliphatic rings. The number of hydrogen-bond donors (Lipinski definition) is 3. The summed E-state index contributed by atoms with van der Waals surface area (Å²) in [7, 11) is -0.929. The molecule has 32 heavy (non-hydrogen) atoms. The number of aromatic nitrogens is 3. The highest BCUT2D eigenvalue weighted by Gasteiger charge is 2.20. The van der Waals surface area contributed by atoms with E-state index in [1.165, 1.54) is 26.4 Å². The van der Waals surface area contributed by atoms with Gasteiger partial charge in [0.25, 0.3) is 10.0 Å². The van der Waals surface area contributed by atoms with Crippen molar-refractivity contribution < 1.29 is 17.9 Å². The third kappa shape index (κ3) is 4.47. The Morgan fingerprint density at radius 2 is 1.66 bits per heavy atom. The van der Waals surface area contributed by atoms with Crippen LogP contribution >= 0.6 is 0 Å². The molecule has 0 aliphatic carbocycles. The SMILES string of the molecule is COc1cc(Nc2nc3cccnc3nc2NS(=O)(=O)c2cccc(N)c2)cc(OC)c1. The van der Waals surface area contributed by atoms with Gasteiger partial charge in [0, 0.05) is 35.8 Å². The molecule has 0 radical (unpaired) electrons. The molecule has 4 N–H and O–H groups in total. The lowest BCUT2D eigenvalue weighted by atomic mass is 10.2. The number of ether oxygens (including phenoxy) is 2. The predicted octanol–water partition coefficient (Wildman–Crippen LogP) is 3.17. The normalized spacial score (nSPS) is 11.2. The lowest BCUT2D eigenvalue weighted by Crippen LogP contribution is -2.16. The molecule has 0 unspecified atom stereocenters. The van der Waals surface area contributed by atoms with E-state index >= 15 is 0 Å². The van der Waals surface area contributed by atoms with Crippen molar-refractivity contribution in [3.8, 4) is 11.5 Å². The van der Waals surface area contributed by atoms with E-state index in [9.17, 15) is 8.42 Å². The van der Waals surface area contributed by atoms with Crippen LogP contribution < -0.4 is 25.2 Å². The second kappa shape index (κ2) is 8.55. The highest BCUT2D eigenvalue weighted by molar-refractivity contribution is 7.92. The minimum atomic E-state index is -3.99. The minimum Gasteiger partial charge on any atom is -0.497 e. The van der Waals surface area contributed by atoms with Gasteiger partial charge < -0.3 is 20.5 Å². The number of pyridine rings is 1. The average molecular weight is 452 g/mol. The van der Waals surface area contributed by atoms with Gasteiger partial charge in [-0.15, -0.1) is 0 Å². The molecule has 0 bridgehead atoms. The molecule has 2 heterocycles. The molecule has 0 amide bonds. The summed E-state index contributed by atoms with van der Waals surface area (Å²) >= 11 is 0. The fourth-order valence-corrected chi connectivity index (χ4v) is 4.00. The number of nitrogens with zero attached hydrogens (tertiary/aromatic N) is 3. The number of hydrogen-bond acceptors (Lipinski definition) is 9. The number of nitrogen functional groups attached to an aromatic ring is 1. The van der Waals surface area contributed by atoms with Crippen LogP contribution in [0, 0.1) is 0 Å². The summed E-state index contributed by atoms with van der Waals surface area (Å²) in [6.45, 7) is 0. The van der Waals surface area contributed by atoms with E-state index in [-0.39, 0.29) is 22.2 Å². The molecular formula is C21H20N6O4S. The Bertz CT molecular complexity index is 1370. The number of benzene rings is 2. The van der Waals surface area contributed by atoms with Crippen molar-refractivity contribution in [1.82, 2.24) is 15.0 Å². The maximum Gasteiger partial charge on any atom is 0.263 e. The molecule has 0 saturated carbocycles. The van der Waals surface area contributed by atoms with Crippen molar-refractivity contribution in [3.63, 3.8) is 0 Å². The lowest BCUT2D eigenvalue weighted by Gasteiger charge is -2.15. The summed E-state index contributed by atoms with van der Waals surface area (Å²) in [5.41, 5.74) is 7.39. The quantitative estimate of drug-likeness (QED) is 0.360. The second-order valence-corrected chi connectivity index (χ2v) is 8.35. The summed E-state index contributed by atoms with van der Waals surface area (Å²) in [6, 6.07) is 14.5. The van der Waals surface area contributed by atoms with E-state index in [0.29, 0.717) is 28.4 Å². The molecule has 164 valence electrons. The number of nitrogens with one attached hydrogen (secondary N) is 2. The molecule has 0 aliphatic heterocycles.